The van der Waals surface area contributed by atoms with Crippen LogP contribution in [0, 0.1) is 39.9 Å². The molecule has 1 radical (unpaired) electrons. The van der Waals surface area contributed by atoms with Crippen LogP contribution in [-0.4, -0.2) is 19.6 Å². The van der Waals surface area contributed by atoms with Crippen molar-refractivity contribution in [3.05, 3.63) is 0 Å². The zero-order valence-electron chi connectivity index (χ0n) is 4.14. The van der Waals surface area contributed by atoms with E-state index >= 15 is 0 Å². The molecule has 0 unspecified atom stereocenters. The summed E-state index contributed by atoms with van der Waals surface area (Å²) in [5.41, 5.74) is 0. The molecule has 0 aliphatic rings. The molecule has 0 fully saturated rings. The molecule has 0 spiro atoms. The summed E-state index contributed by atoms with van der Waals surface area (Å²) >= 11 is 0. The molecule has 0 heterocycles. The molecule has 0 aromatic heterocycles. The first kappa shape index (κ1) is 11.9. The van der Waals surface area contributed by atoms with Crippen molar-refractivity contribution in [3.8, 4) is 0 Å². The van der Waals surface area contributed by atoms with Crippen molar-refractivity contribution in [2.45, 2.75) is 6.92 Å². The molecular formula is C2H6GdO4S+3. The van der Waals surface area contributed by atoms with Gasteiger partial charge in [-0.25, -0.2) is 4.18 Å². The zero-order chi connectivity index (χ0) is 5.91. The van der Waals surface area contributed by atoms with Crippen molar-refractivity contribution in [2.24, 2.45) is 0 Å². The van der Waals surface area contributed by atoms with Crippen LogP contribution in [-0.2, 0) is 14.6 Å². The van der Waals surface area contributed by atoms with Crippen molar-refractivity contribution < 1.29 is 57.1 Å². The molecule has 49 valence electrons. The summed E-state index contributed by atoms with van der Waals surface area (Å²) in [7, 11) is -4.17. The Hall–Kier alpha value is 1.19. The predicted molar refractivity (Wildman–Crippen MR) is 23.2 cm³/mol. The summed E-state index contributed by atoms with van der Waals surface area (Å²) in [5.74, 6) is 0. The van der Waals surface area contributed by atoms with E-state index in [-0.39, 0.29) is 46.5 Å². The predicted octanol–water partition coefficient (Wildman–Crippen LogP) is -0.174. The Labute approximate surface area is 80.2 Å². The average molecular weight is 283 g/mol. The molecule has 6 heteroatoms. The third kappa shape index (κ3) is 10.2. The van der Waals surface area contributed by atoms with E-state index in [9.17, 15) is 8.42 Å². The topological polar surface area (TPSA) is 63.6 Å². The van der Waals surface area contributed by atoms with Crippen LogP contribution >= 0.6 is 0 Å². The maximum Gasteiger partial charge on any atom is 3.00 e. The van der Waals surface area contributed by atoms with Gasteiger partial charge >= 0.3 is 50.3 Å². The SMILES string of the molecule is CCOS(=O)(=O)O.[Gd+3]. The molecule has 1 N–H and O–H groups in total. The molecule has 0 aliphatic heterocycles. The number of rotatable bonds is 2. The van der Waals surface area contributed by atoms with Gasteiger partial charge in [-0.2, -0.15) is 8.42 Å². The second-order valence-corrected chi connectivity index (χ2v) is 1.93. The van der Waals surface area contributed by atoms with E-state index in [2.05, 4.69) is 4.18 Å². The maximum atomic E-state index is 9.56. The molecule has 0 aromatic carbocycles. The first-order valence-electron chi connectivity index (χ1n) is 1.68. The first-order chi connectivity index (χ1) is 3.06. The largest absolute Gasteiger partial charge is 3.00 e. The van der Waals surface area contributed by atoms with Gasteiger partial charge in [-0.3, -0.25) is 4.55 Å². The molecule has 0 atom stereocenters. The molecule has 0 amide bonds. The van der Waals surface area contributed by atoms with Gasteiger partial charge in [0.1, 0.15) is 0 Å². The van der Waals surface area contributed by atoms with Crippen molar-refractivity contribution in [3.63, 3.8) is 0 Å². The van der Waals surface area contributed by atoms with E-state index in [1.54, 1.807) is 0 Å². The van der Waals surface area contributed by atoms with Gasteiger partial charge in [0.2, 0.25) is 0 Å². The van der Waals surface area contributed by atoms with Gasteiger partial charge in [0.25, 0.3) is 0 Å². The Morgan fingerprint density at radius 2 is 2.00 bits per heavy atom. The van der Waals surface area contributed by atoms with E-state index < -0.39 is 10.4 Å². The Balaban J connectivity index is 0. The van der Waals surface area contributed by atoms with Crippen LogP contribution in [0.2, 0.25) is 0 Å². The van der Waals surface area contributed by atoms with Gasteiger partial charge in [-0.15, -0.1) is 0 Å². The van der Waals surface area contributed by atoms with E-state index in [4.69, 9.17) is 4.55 Å². The third-order valence-corrected chi connectivity index (χ3v) is 0.800. The van der Waals surface area contributed by atoms with Gasteiger partial charge in [0.15, 0.2) is 0 Å². The quantitative estimate of drug-likeness (QED) is 0.715. The van der Waals surface area contributed by atoms with Gasteiger partial charge in [-0.05, 0) is 6.92 Å². The Bertz CT molecular complexity index is 127. The maximum absolute atomic E-state index is 9.56. The second kappa shape index (κ2) is 5.02. The summed E-state index contributed by atoms with van der Waals surface area (Å²) in [5, 5.41) is 0. The fourth-order valence-electron chi connectivity index (χ4n) is 0.149. The fraction of sp³-hybridized carbons (Fsp3) is 1.00. The smallest absolute Gasteiger partial charge is 0.264 e. The van der Waals surface area contributed by atoms with E-state index in [0.29, 0.717) is 0 Å². The standard InChI is InChI=1S/C2H6O4S.Gd/c1-2-6-7(3,4)5;/h2H2,1H3,(H,3,4,5);/q;+3. The monoisotopic (exact) mass is 284 g/mol. The molecule has 4 nitrogen and oxygen atoms in total. The second-order valence-electron chi connectivity index (χ2n) is 0.834. The third-order valence-electron chi connectivity index (χ3n) is 0.267. The molecule has 0 bridgehead atoms. The van der Waals surface area contributed by atoms with Crippen LogP contribution in [0.1, 0.15) is 6.92 Å². The summed E-state index contributed by atoms with van der Waals surface area (Å²) in [4.78, 5) is 0. The minimum absolute atomic E-state index is 0. The zero-order valence-corrected chi connectivity index (χ0v) is 7.23. The van der Waals surface area contributed by atoms with Crippen molar-refractivity contribution in [2.75, 3.05) is 6.61 Å². The van der Waals surface area contributed by atoms with Gasteiger partial charge in [0.05, 0.1) is 6.61 Å². The van der Waals surface area contributed by atoms with Gasteiger partial charge in [0, 0.05) is 0 Å². The van der Waals surface area contributed by atoms with Crippen LogP contribution in [0.15, 0.2) is 0 Å². The molecular weight excluding hydrogens is 277 g/mol. The average Bonchev–Trinajstić information content (AvgIpc) is 1.30. The van der Waals surface area contributed by atoms with Crippen LogP contribution in [0.5, 0.6) is 0 Å². The van der Waals surface area contributed by atoms with Crippen LogP contribution < -0.4 is 0 Å². The van der Waals surface area contributed by atoms with Crippen molar-refractivity contribution in [1.29, 1.82) is 0 Å². The van der Waals surface area contributed by atoms with E-state index in [1.807, 2.05) is 0 Å². The Morgan fingerprint density at radius 3 is 2.00 bits per heavy atom. The van der Waals surface area contributed by atoms with Crippen LogP contribution in [0.4, 0.5) is 0 Å². The summed E-state index contributed by atoms with van der Waals surface area (Å²) in [6, 6.07) is 0. The molecule has 0 aromatic rings. The minimum atomic E-state index is -4.17. The van der Waals surface area contributed by atoms with E-state index in [0.717, 1.165) is 0 Å². The molecule has 0 saturated heterocycles. The first-order valence-corrected chi connectivity index (χ1v) is 3.04. The number of hydrogen-bond acceptors (Lipinski definition) is 3. The van der Waals surface area contributed by atoms with Gasteiger partial charge in [-0.1, -0.05) is 0 Å². The summed E-state index contributed by atoms with van der Waals surface area (Å²) in [6.07, 6.45) is 0. The van der Waals surface area contributed by atoms with Gasteiger partial charge < -0.3 is 0 Å². The molecule has 8 heavy (non-hydrogen) atoms. The minimum Gasteiger partial charge on any atom is -0.264 e. The van der Waals surface area contributed by atoms with Crippen molar-refractivity contribution in [1.82, 2.24) is 0 Å². The molecule has 0 aliphatic carbocycles. The Kier molecular flexibility index (Phi) is 7.48. The Morgan fingerprint density at radius 1 is 1.62 bits per heavy atom. The fourth-order valence-corrected chi connectivity index (χ4v) is 0.447. The van der Waals surface area contributed by atoms with E-state index in [1.165, 1.54) is 6.92 Å². The number of hydrogen-bond donors (Lipinski definition) is 1. The van der Waals surface area contributed by atoms with Crippen LogP contribution in [0.25, 0.3) is 0 Å². The molecule has 0 saturated carbocycles. The summed E-state index contributed by atoms with van der Waals surface area (Å²) in [6.45, 7) is 1.44. The summed E-state index contributed by atoms with van der Waals surface area (Å²) < 4.78 is 30.7. The van der Waals surface area contributed by atoms with Crippen LogP contribution in [0.3, 0.4) is 0 Å². The molecule has 0 rings (SSSR count). The van der Waals surface area contributed by atoms with Crippen molar-refractivity contribution >= 4 is 10.4 Å². The normalized spacial score (nSPS) is 10.2.